The lowest BCUT2D eigenvalue weighted by molar-refractivity contribution is -0.137. The summed E-state index contributed by atoms with van der Waals surface area (Å²) in [7, 11) is 1.38. The van der Waals surface area contributed by atoms with Crippen LogP contribution in [-0.2, 0) is 9.53 Å². The van der Waals surface area contributed by atoms with E-state index in [2.05, 4.69) is 4.74 Å². The summed E-state index contributed by atoms with van der Waals surface area (Å²) >= 11 is 1.45. The summed E-state index contributed by atoms with van der Waals surface area (Å²) in [5.41, 5.74) is 7.02. The van der Waals surface area contributed by atoms with E-state index in [0.29, 0.717) is 11.5 Å². The minimum absolute atomic E-state index is 0.144. The Balaban J connectivity index is 1.89. The van der Waals surface area contributed by atoms with Crippen LogP contribution in [0.1, 0.15) is 11.6 Å². The van der Waals surface area contributed by atoms with E-state index in [-0.39, 0.29) is 18.8 Å². The van der Waals surface area contributed by atoms with Crippen molar-refractivity contribution in [2.75, 3.05) is 25.4 Å². The van der Waals surface area contributed by atoms with Gasteiger partial charge in [0.25, 0.3) is 0 Å². The molecule has 1 aliphatic heterocycles. The van der Waals surface area contributed by atoms with Gasteiger partial charge in [0.15, 0.2) is 11.5 Å². The van der Waals surface area contributed by atoms with E-state index in [4.69, 9.17) is 15.2 Å². The molecule has 1 aromatic rings. The van der Waals surface area contributed by atoms with Gasteiger partial charge in [-0.2, -0.15) is 0 Å². The summed E-state index contributed by atoms with van der Waals surface area (Å²) in [5.74, 6) is 2.19. The quantitative estimate of drug-likeness (QED) is 0.813. The molecule has 6 heteroatoms. The van der Waals surface area contributed by atoms with Crippen LogP contribution in [0, 0.1) is 0 Å². The van der Waals surface area contributed by atoms with Crippen molar-refractivity contribution in [3.8, 4) is 11.5 Å². The summed E-state index contributed by atoms with van der Waals surface area (Å²) in [6.45, 7) is 0.255. The maximum Gasteiger partial charge on any atom is 0.315 e. The number of esters is 1. The zero-order chi connectivity index (χ0) is 13.0. The fraction of sp³-hybridized carbons (Fsp3) is 0.417. The molecule has 0 fully saturated rings. The van der Waals surface area contributed by atoms with Crippen molar-refractivity contribution in [1.82, 2.24) is 0 Å². The van der Waals surface area contributed by atoms with Gasteiger partial charge in [-0.3, -0.25) is 4.79 Å². The first-order valence-corrected chi connectivity index (χ1v) is 6.66. The molecule has 0 spiro atoms. The highest BCUT2D eigenvalue weighted by Crippen LogP contribution is 2.34. The Labute approximate surface area is 110 Å². The van der Waals surface area contributed by atoms with Gasteiger partial charge >= 0.3 is 5.97 Å². The highest BCUT2D eigenvalue weighted by molar-refractivity contribution is 7.99. The summed E-state index contributed by atoms with van der Waals surface area (Å²) in [6.07, 6.45) is 0. The van der Waals surface area contributed by atoms with E-state index in [1.807, 2.05) is 18.2 Å². The molecule has 0 saturated heterocycles. The van der Waals surface area contributed by atoms with Crippen molar-refractivity contribution in [3.05, 3.63) is 23.8 Å². The molecule has 0 aromatic heterocycles. The number of hydrogen-bond donors (Lipinski definition) is 1. The number of benzene rings is 1. The average molecular weight is 269 g/mol. The first-order valence-electron chi connectivity index (χ1n) is 5.50. The summed E-state index contributed by atoms with van der Waals surface area (Å²) in [5, 5.41) is 0. The fourth-order valence-electron chi connectivity index (χ4n) is 1.57. The van der Waals surface area contributed by atoms with Gasteiger partial charge in [0, 0.05) is 11.8 Å². The standard InChI is InChI=1S/C12H15NO4S/c1-15-12(14)6-18-5-9(13)8-2-3-10-11(4-8)17-7-16-10/h2-4,9H,5-7,13H2,1H3. The number of carbonyl (C=O) groups is 1. The highest BCUT2D eigenvalue weighted by Gasteiger charge is 2.16. The third-order valence-electron chi connectivity index (χ3n) is 2.57. The van der Waals surface area contributed by atoms with Crippen LogP contribution in [0.15, 0.2) is 18.2 Å². The first-order chi connectivity index (χ1) is 8.70. The zero-order valence-corrected chi connectivity index (χ0v) is 10.9. The molecule has 1 aliphatic rings. The Morgan fingerprint density at radius 2 is 2.28 bits per heavy atom. The van der Waals surface area contributed by atoms with Crippen LogP contribution >= 0.6 is 11.8 Å². The monoisotopic (exact) mass is 269 g/mol. The summed E-state index contributed by atoms with van der Waals surface area (Å²) in [4.78, 5) is 11.0. The smallest absolute Gasteiger partial charge is 0.315 e. The molecular weight excluding hydrogens is 254 g/mol. The third kappa shape index (κ3) is 3.08. The Bertz CT molecular complexity index is 438. The number of thioether (sulfide) groups is 1. The van der Waals surface area contributed by atoms with E-state index >= 15 is 0 Å². The van der Waals surface area contributed by atoms with Gasteiger partial charge in [-0.25, -0.2) is 0 Å². The number of hydrogen-bond acceptors (Lipinski definition) is 6. The molecule has 1 aromatic carbocycles. The number of nitrogens with two attached hydrogens (primary N) is 1. The predicted octanol–water partition coefficient (Wildman–Crippen LogP) is 1.32. The van der Waals surface area contributed by atoms with Crippen molar-refractivity contribution >= 4 is 17.7 Å². The summed E-state index contributed by atoms with van der Waals surface area (Å²) in [6, 6.07) is 5.50. The van der Waals surface area contributed by atoms with E-state index in [1.54, 1.807) is 0 Å². The Hall–Kier alpha value is -1.40. The third-order valence-corrected chi connectivity index (χ3v) is 3.60. The Morgan fingerprint density at radius 3 is 3.06 bits per heavy atom. The van der Waals surface area contributed by atoms with Crippen molar-refractivity contribution < 1.29 is 19.0 Å². The lowest BCUT2D eigenvalue weighted by Crippen LogP contribution is -2.14. The normalized spacial score (nSPS) is 14.3. The molecule has 0 saturated carbocycles. The maximum absolute atomic E-state index is 11.0. The van der Waals surface area contributed by atoms with Crippen molar-refractivity contribution in [1.29, 1.82) is 0 Å². The molecule has 0 radical (unpaired) electrons. The molecule has 1 unspecified atom stereocenters. The van der Waals surface area contributed by atoms with E-state index in [9.17, 15) is 4.79 Å². The average Bonchev–Trinajstić information content (AvgIpc) is 2.85. The maximum atomic E-state index is 11.0. The lowest BCUT2D eigenvalue weighted by Gasteiger charge is -2.11. The largest absolute Gasteiger partial charge is 0.468 e. The number of rotatable bonds is 5. The van der Waals surface area contributed by atoms with Gasteiger partial charge in [-0.15, -0.1) is 11.8 Å². The van der Waals surface area contributed by atoms with Crippen LogP contribution in [0.25, 0.3) is 0 Å². The molecule has 98 valence electrons. The second-order valence-electron chi connectivity index (χ2n) is 3.81. The van der Waals surface area contributed by atoms with Gasteiger partial charge in [-0.1, -0.05) is 6.07 Å². The lowest BCUT2D eigenvalue weighted by atomic mass is 10.1. The molecule has 2 rings (SSSR count). The van der Waals surface area contributed by atoms with Crippen LogP contribution in [0.3, 0.4) is 0 Å². The van der Waals surface area contributed by atoms with Crippen LogP contribution in [-0.4, -0.2) is 31.4 Å². The molecule has 0 aliphatic carbocycles. The summed E-state index contributed by atoms with van der Waals surface area (Å²) < 4.78 is 15.1. The Morgan fingerprint density at radius 1 is 1.50 bits per heavy atom. The molecule has 18 heavy (non-hydrogen) atoms. The van der Waals surface area contributed by atoms with Crippen LogP contribution < -0.4 is 15.2 Å². The molecule has 5 nitrogen and oxygen atoms in total. The topological polar surface area (TPSA) is 70.8 Å². The van der Waals surface area contributed by atoms with Crippen LogP contribution in [0.5, 0.6) is 11.5 Å². The Kier molecular flexibility index (Phi) is 4.33. The van der Waals surface area contributed by atoms with E-state index in [0.717, 1.165) is 17.1 Å². The van der Waals surface area contributed by atoms with Gasteiger partial charge in [0.1, 0.15) is 0 Å². The van der Waals surface area contributed by atoms with E-state index < -0.39 is 0 Å². The van der Waals surface area contributed by atoms with Crippen LogP contribution in [0.2, 0.25) is 0 Å². The van der Waals surface area contributed by atoms with Gasteiger partial charge in [0.05, 0.1) is 12.9 Å². The van der Waals surface area contributed by atoms with Crippen molar-refractivity contribution in [2.45, 2.75) is 6.04 Å². The number of methoxy groups -OCH3 is 1. The molecule has 1 atom stereocenters. The molecule has 1 heterocycles. The van der Waals surface area contributed by atoms with E-state index in [1.165, 1.54) is 18.9 Å². The number of fused-ring (bicyclic) bond motifs is 1. The SMILES string of the molecule is COC(=O)CSCC(N)c1ccc2c(c1)OCO2. The zero-order valence-electron chi connectivity index (χ0n) is 10.0. The van der Waals surface area contributed by atoms with Gasteiger partial charge < -0.3 is 19.9 Å². The van der Waals surface area contributed by atoms with Crippen LogP contribution in [0.4, 0.5) is 0 Å². The minimum atomic E-state index is -0.238. The van der Waals surface area contributed by atoms with Crippen molar-refractivity contribution in [3.63, 3.8) is 0 Å². The van der Waals surface area contributed by atoms with Gasteiger partial charge in [0.2, 0.25) is 6.79 Å². The fourth-order valence-corrected chi connectivity index (χ4v) is 2.42. The molecule has 0 amide bonds. The van der Waals surface area contributed by atoms with Gasteiger partial charge in [-0.05, 0) is 17.7 Å². The van der Waals surface area contributed by atoms with Crippen molar-refractivity contribution in [2.24, 2.45) is 5.73 Å². The second kappa shape index (κ2) is 5.97. The molecule has 0 bridgehead atoms. The number of carbonyl (C=O) groups excluding carboxylic acids is 1. The molecular formula is C12H15NO4S. The number of ether oxygens (including phenoxy) is 3. The first kappa shape index (κ1) is 13.0. The predicted molar refractivity (Wildman–Crippen MR) is 68.8 cm³/mol. The minimum Gasteiger partial charge on any atom is -0.468 e. The molecule has 2 N–H and O–H groups in total. The second-order valence-corrected chi connectivity index (χ2v) is 4.84. The highest BCUT2D eigenvalue weighted by atomic mass is 32.2.